The lowest BCUT2D eigenvalue weighted by Crippen LogP contribution is -2.46. The monoisotopic (exact) mass is 609 g/mol. The molecule has 4 unspecified atom stereocenters. The van der Waals surface area contributed by atoms with Gasteiger partial charge >= 0.3 is 14.8 Å². The van der Waals surface area contributed by atoms with Crippen molar-refractivity contribution in [1.82, 2.24) is 10.6 Å². The fraction of sp³-hybridized carbons (Fsp3) is 0.607. The zero-order chi connectivity index (χ0) is 31.3. The van der Waals surface area contributed by atoms with Crippen LogP contribution in [0.3, 0.4) is 0 Å². The van der Waals surface area contributed by atoms with Gasteiger partial charge in [-0.15, -0.1) is 0 Å². The molecule has 2 rings (SSSR count). The predicted octanol–water partition coefficient (Wildman–Crippen LogP) is 2.12. The number of hydrogen-bond acceptors (Lipinski definition) is 9. The molecule has 234 valence electrons. The summed E-state index contributed by atoms with van der Waals surface area (Å²) in [6.45, 7) is 9.32. The lowest BCUT2D eigenvalue weighted by atomic mass is 9.85. The Bertz CT molecular complexity index is 1080. The van der Waals surface area contributed by atoms with Crippen LogP contribution in [0.5, 0.6) is 0 Å². The molecule has 0 saturated heterocycles. The Morgan fingerprint density at radius 3 is 2.21 bits per heavy atom. The molecule has 1 aliphatic carbocycles. The number of anilines is 1. The number of ether oxygens (including phenoxy) is 1. The van der Waals surface area contributed by atoms with E-state index in [1.807, 2.05) is 20.8 Å². The zero-order valence-electron chi connectivity index (χ0n) is 24.9. The lowest BCUT2D eigenvalue weighted by Gasteiger charge is -2.28. The first-order valence-corrected chi connectivity index (χ1v) is 16.1. The smallest absolute Gasteiger partial charge is 0.481 e. The summed E-state index contributed by atoms with van der Waals surface area (Å²) in [6.07, 6.45) is -0.862. The average Bonchev–Trinajstić information content (AvgIpc) is 3.28. The second kappa shape index (κ2) is 16.9. The SMILES string of the molecule is CCO[Si](CCCNC(=O)c1cc(C)cc(NC(=O)C2C(OC=O)CC(C(=O)NC)C2CC(=O)O)c1)(OCC)OCC. The van der Waals surface area contributed by atoms with Crippen molar-refractivity contribution in [2.45, 2.75) is 59.1 Å². The van der Waals surface area contributed by atoms with E-state index in [4.69, 9.17) is 18.0 Å². The molecule has 14 heteroatoms. The largest absolute Gasteiger partial charge is 0.500 e. The first-order chi connectivity index (χ1) is 20.0. The number of hydrogen-bond donors (Lipinski definition) is 4. The molecule has 13 nitrogen and oxygen atoms in total. The zero-order valence-corrected chi connectivity index (χ0v) is 25.9. The van der Waals surface area contributed by atoms with E-state index < -0.39 is 56.9 Å². The molecule has 0 aliphatic heterocycles. The quantitative estimate of drug-likeness (QED) is 0.109. The lowest BCUT2D eigenvalue weighted by molar-refractivity contribution is -0.140. The van der Waals surface area contributed by atoms with Gasteiger partial charge in [-0.3, -0.25) is 24.0 Å². The van der Waals surface area contributed by atoms with Crippen molar-refractivity contribution >= 4 is 44.7 Å². The van der Waals surface area contributed by atoms with E-state index >= 15 is 0 Å². The highest BCUT2D eigenvalue weighted by molar-refractivity contribution is 6.60. The molecule has 0 spiro atoms. The summed E-state index contributed by atoms with van der Waals surface area (Å²) in [5, 5.41) is 17.6. The van der Waals surface area contributed by atoms with Crippen LogP contribution in [0.25, 0.3) is 0 Å². The first kappa shape index (κ1) is 34.9. The van der Waals surface area contributed by atoms with Gasteiger partial charge in [-0.1, -0.05) is 0 Å². The van der Waals surface area contributed by atoms with E-state index in [9.17, 15) is 29.1 Å². The number of amides is 3. The third-order valence-electron chi connectivity index (χ3n) is 7.04. The number of carbonyl (C=O) groups is 5. The van der Waals surface area contributed by atoms with Gasteiger partial charge in [-0.05, 0) is 70.2 Å². The molecule has 0 radical (unpaired) electrons. The van der Waals surface area contributed by atoms with E-state index in [1.54, 1.807) is 19.1 Å². The van der Waals surface area contributed by atoms with Crippen LogP contribution in [0.4, 0.5) is 5.69 Å². The summed E-state index contributed by atoms with van der Waals surface area (Å²) in [7, 11) is -1.42. The number of nitrogens with one attached hydrogen (secondary N) is 3. The third kappa shape index (κ3) is 9.61. The summed E-state index contributed by atoms with van der Waals surface area (Å²) in [6, 6.07) is 5.38. The number of aryl methyl sites for hydroxylation is 1. The Hall–Kier alpha value is -3.33. The van der Waals surface area contributed by atoms with Crippen LogP contribution in [0.2, 0.25) is 6.04 Å². The summed E-state index contributed by atoms with van der Waals surface area (Å²) < 4.78 is 22.7. The van der Waals surface area contributed by atoms with Crippen molar-refractivity contribution in [3.63, 3.8) is 0 Å². The summed E-state index contributed by atoms with van der Waals surface area (Å²) in [5.41, 5.74) is 1.32. The molecule has 0 bridgehead atoms. The summed E-state index contributed by atoms with van der Waals surface area (Å²) in [5.74, 6) is -5.40. The van der Waals surface area contributed by atoms with Crippen molar-refractivity contribution < 1.29 is 47.1 Å². The molecule has 1 aromatic carbocycles. The molecule has 1 fully saturated rings. The number of carboxylic acid groups (broad SMARTS) is 1. The molecular formula is C28H43N3O10Si. The van der Waals surface area contributed by atoms with Gasteiger partial charge in [0.15, 0.2) is 0 Å². The highest BCUT2D eigenvalue weighted by atomic mass is 28.4. The van der Waals surface area contributed by atoms with E-state index in [0.717, 1.165) is 0 Å². The van der Waals surface area contributed by atoms with E-state index in [-0.39, 0.29) is 18.8 Å². The maximum atomic E-state index is 13.4. The normalized spacial score (nSPS) is 20.0. The molecule has 4 N–H and O–H groups in total. The molecule has 0 heterocycles. The van der Waals surface area contributed by atoms with Gasteiger partial charge in [-0.2, -0.15) is 0 Å². The van der Waals surface area contributed by atoms with Crippen LogP contribution in [0, 0.1) is 24.7 Å². The van der Waals surface area contributed by atoms with Gasteiger partial charge in [0.05, 0.1) is 5.92 Å². The maximum Gasteiger partial charge on any atom is 0.500 e. The van der Waals surface area contributed by atoms with Crippen LogP contribution in [0.1, 0.15) is 56.0 Å². The van der Waals surface area contributed by atoms with Crippen LogP contribution in [-0.2, 0) is 37.2 Å². The molecule has 3 amide bonds. The van der Waals surface area contributed by atoms with Gasteiger partial charge < -0.3 is 39.1 Å². The second-order valence-electron chi connectivity index (χ2n) is 9.93. The van der Waals surface area contributed by atoms with Crippen molar-refractivity contribution in [2.75, 3.05) is 38.7 Å². The Morgan fingerprint density at radius 2 is 1.67 bits per heavy atom. The van der Waals surface area contributed by atoms with Gasteiger partial charge in [0.25, 0.3) is 12.4 Å². The van der Waals surface area contributed by atoms with Crippen molar-refractivity contribution in [3.8, 4) is 0 Å². The fourth-order valence-electron chi connectivity index (χ4n) is 5.45. The third-order valence-corrected chi connectivity index (χ3v) is 10.2. The molecule has 1 saturated carbocycles. The number of carboxylic acids is 1. The number of aliphatic carboxylic acids is 1. The van der Waals surface area contributed by atoms with E-state index in [2.05, 4.69) is 16.0 Å². The van der Waals surface area contributed by atoms with Crippen LogP contribution in [0.15, 0.2) is 18.2 Å². The molecule has 1 aliphatic rings. The Labute approximate surface area is 247 Å². The van der Waals surface area contributed by atoms with Gasteiger partial charge in [-0.25, -0.2) is 0 Å². The number of rotatable bonds is 18. The van der Waals surface area contributed by atoms with E-state index in [1.165, 1.54) is 13.1 Å². The summed E-state index contributed by atoms with van der Waals surface area (Å²) in [4.78, 5) is 61.6. The molecular weight excluding hydrogens is 566 g/mol. The predicted molar refractivity (Wildman–Crippen MR) is 155 cm³/mol. The minimum Gasteiger partial charge on any atom is -0.481 e. The first-order valence-electron chi connectivity index (χ1n) is 14.2. The van der Waals surface area contributed by atoms with E-state index in [0.29, 0.717) is 55.6 Å². The minimum atomic E-state index is -2.83. The average molecular weight is 610 g/mol. The van der Waals surface area contributed by atoms with Gasteiger partial charge in [0, 0.05) is 63.0 Å². The van der Waals surface area contributed by atoms with Crippen LogP contribution in [-0.4, -0.2) is 83.6 Å². The molecule has 0 aromatic heterocycles. The topological polar surface area (TPSA) is 179 Å². The highest BCUT2D eigenvalue weighted by Gasteiger charge is 2.51. The molecule has 42 heavy (non-hydrogen) atoms. The van der Waals surface area contributed by atoms with Crippen molar-refractivity contribution in [3.05, 3.63) is 29.3 Å². The Balaban J connectivity index is 2.15. The van der Waals surface area contributed by atoms with Gasteiger partial charge in [0.2, 0.25) is 11.8 Å². The van der Waals surface area contributed by atoms with Crippen molar-refractivity contribution in [1.29, 1.82) is 0 Å². The fourth-order valence-corrected chi connectivity index (χ4v) is 8.06. The summed E-state index contributed by atoms with van der Waals surface area (Å²) >= 11 is 0. The number of carbonyl (C=O) groups excluding carboxylic acids is 4. The van der Waals surface area contributed by atoms with Crippen LogP contribution >= 0.6 is 0 Å². The van der Waals surface area contributed by atoms with Crippen molar-refractivity contribution in [2.24, 2.45) is 17.8 Å². The molecule has 1 aromatic rings. The Morgan fingerprint density at radius 1 is 1.02 bits per heavy atom. The van der Waals surface area contributed by atoms with Gasteiger partial charge in [0.1, 0.15) is 6.10 Å². The minimum absolute atomic E-state index is 0.00987. The second-order valence-corrected chi connectivity index (χ2v) is 12.7. The number of benzene rings is 1. The Kier molecular flexibility index (Phi) is 14.1. The van der Waals surface area contributed by atoms with Crippen LogP contribution < -0.4 is 16.0 Å². The maximum absolute atomic E-state index is 13.4. The highest BCUT2D eigenvalue weighted by Crippen LogP contribution is 2.42. The molecule has 4 atom stereocenters. The standard InChI is InChI=1S/C28H43N3O10Si/c1-6-39-42(40-7-2,41-8-3)11-9-10-30-26(35)19-12-18(4)13-20(14-19)31-28(37)25-21(16-24(33)34)22(27(36)29-5)15-23(25)38-17-32/h12-14,17,21-23,25H,6-11,15-16H2,1-5H3,(H,29,36)(H,30,35)(H,31,37)(H,33,34).